The number of nitrogens with zero attached hydrogens (tertiary/aromatic N) is 4. The van der Waals surface area contributed by atoms with E-state index in [-0.39, 0.29) is 11.4 Å². The van der Waals surface area contributed by atoms with Crippen molar-refractivity contribution in [2.75, 3.05) is 10.6 Å². The molecular weight excluding hydrogens is 328 g/mol. The van der Waals surface area contributed by atoms with E-state index in [9.17, 15) is 4.79 Å². The van der Waals surface area contributed by atoms with E-state index in [0.29, 0.717) is 17.9 Å². The van der Waals surface area contributed by atoms with Crippen LogP contribution in [0.4, 0.5) is 16.2 Å². The molecule has 3 aromatic rings. The van der Waals surface area contributed by atoms with Gasteiger partial charge in [-0.05, 0) is 11.0 Å². The largest absolute Gasteiger partial charge is 0.323 e. The van der Waals surface area contributed by atoms with Crippen LogP contribution in [0.1, 0.15) is 26.3 Å². The lowest BCUT2D eigenvalue weighted by atomic mass is 9.97. The Hall–Kier alpha value is -3.09. The number of urea groups is 1. The van der Waals surface area contributed by atoms with Gasteiger partial charge < -0.3 is 10.6 Å². The van der Waals surface area contributed by atoms with Crippen molar-refractivity contribution >= 4 is 17.4 Å². The summed E-state index contributed by atoms with van der Waals surface area (Å²) in [6, 6.07) is 9.72. The van der Waals surface area contributed by atoms with Crippen molar-refractivity contribution in [1.29, 1.82) is 0 Å². The Morgan fingerprint density at radius 3 is 2.15 bits per heavy atom. The first kappa shape index (κ1) is 17.7. The molecule has 7 nitrogen and oxygen atoms in total. The predicted molar refractivity (Wildman–Crippen MR) is 102 cm³/mol. The standard InChI is InChI=1S/C19H24N6O/c1-19(2,3)14-25-13-17(10-21-25)23-18(26)22-16-9-20-24(12-16)11-15-7-5-4-6-8-15/h4-10,12-13H,11,14H2,1-3H3,(H2,22,23,26). The number of amides is 2. The lowest BCUT2D eigenvalue weighted by Gasteiger charge is -2.17. The van der Waals surface area contributed by atoms with Crippen LogP contribution in [0.2, 0.25) is 0 Å². The number of carbonyl (C=O) groups excluding carboxylic acids is 1. The summed E-state index contributed by atoms with van der Waals surface area (Å²) in [4.78, 5) is 12.1. The molecule has 2 aromatic heterocycles. The Morgan fingerprint density at radius 1 is 0.962 bits per heavy atom. The molecule has 0 spiro atoms. The number of hydrogen-bond acceptors (Lipinski definition) is 3. The number of aromatic nitrogens is 4. The second-order valence-corrected chi connectivity index (χ2v) is 7.48. The van der Waals surface area contributed by atoms with Crippen LogP contribution in [0.3, 0.4) is 0 Å². The van der Waals surface area contributed by atoms with Gasteiger partial charge in [0, 0.05) is 18.9 Å². The highest BCUT2D eigenvalue weighted by Crippen LogP contribution is 2.17. The third-order valence-electron chi connectivity index (χ3n) is 3.61. The Balaban J connectivity index is 1.54. The maximum Gasteiger partial charge on any atom is 0.323 e. The molecule has 2 heterocycles. The second kappa shape index (κ2) is 7.43. The maximum absolute atomic E-state index is 12.1. The van der Waals surface area contributed by atoms with Gasteiger partial charge in [-0.1, -0.05) is 51.1 Å². The lowest BCUT2D eigenvalue weighted by molar-refractivity contribution is 0.262. The van der Waals surface area contributed by atoms with Crippen molar-refractivity contribution in [3.63, 3.8) is 0 Å². The zero-order valence-corrected chi connectivity index (χ0v) is 15.3. The molecule has 0 radical (unpaired) electrons. The Bertz CT molecular complexity index is 860. The van der Waals surface area contributed by atoms with E-state index < -0.39 is 0 Å². The Kier molecular flexibility index (Phi) is 5.06. The van der Waals surface area contributed by atoms with Gasteiger partial charge >= 0.3 is 6.03 Å². The number of benzene rings is 1. The van der Waals surface area contributed by atoms with Gasteiger partial charge in [0.2, 0.25) is 0 Å². The van der Waals surface area contributed by atoms with E-state index in [1.807, 2.05) is 41.2 Å². The first-order chi connectivity index (χ1) is 12.4. The van der Waals surface area contributed by atoms with Crippen LogP contribution in [-0.2, 0) is 13.1 Å². The molecule has 0 unspecified atom stereocenters. The van der Waals surface area contributed by atoms with Crippen molar-refractivity contribution in [1.82, 2.24) is 19.6 Å². The van der Waals surface area contributed by atoms with Crippen LogP contribution >= 0.6 is 0 Å². The highest BCUT2D eigenvalue weighted by molar-refractivity contribution is 5.99. The summed E-state index contributed by atoms with van der Waals surface area (Å²) in [6.45, 7) is 7.86. The molecule has 136 valence electrons. The van der Waals surface area contributed by atoms with E-state index in [4.69, 9.17) is 0 Å². The van der Waals surface area contributed by atoms with E-state index in [1.165, 1.54) is 0 Å². The summed E-state index contributed by atoms with van der Waals surface area (Å²) in [6.07, 6.45) is 6.90. The summed E-state index contributed by atoms with van der Waals surface area (Å²) >= 11 is 0. The molecule has 2 N–H and O–H groups in total. The number of nitrogens with one attached hydrogen (secondary N) is 2. The normalized spacial score (nSPS) is 11.3. The molecule has 0 fully saturated rings. The molecule has 0 saturated carbocycles. The molecule has 0 bridgehead atoms. The molecule has 2 amide bonds. The smallest absolute Gasteiger partial charge is 0.305 e. The van der Waals surface area contributed by atoms with E-state index in [1.54, 1.807) is 23.3 Å². The number of hydrogen-bond donors (Lipinski definition) is 2. The van der Waals surface area contributed by atoms with Gasteiger partial charge in [0.25, 0.3) is 0 Å². The molecule has 0 aliphatic heterocycles. The van der Waals surface area contributed by atoms with Crippen molar-refractivity contribution in [3.8, 4) is 0 Å². The fourth-order valence-corrected chi connectivity index (χ4v) is 2.58. The molecule has 0 aliphatic rings. The van der Waals surface area contributed by atoms with Crippen LogP contribution < -0.4 is 10.6 Å². The SMILES string of the molecule is CC(C)(C)Cn1cc(NC(=O)Nc2cnn(Cc3ccccc3)c2)cn1. The first-order valence-electron chi connectivity index (χ1n) is 8.54. The van der Waals surface area contributed by atoms with E-state index in [0.717, 1.165) is 12.1 Å². The predicted octanol–water partition coefficient (Wildman–Crippen LogP) is 3.82. The first-order valence-corrected chi connectivity index (χ1v) is 8.54. The van der Waals surface area contributed by atoms with Gasteiger partial charge in [0.05, 0.1) is 30.3 Å². The van der Waals surface area contributed by atoms with Gasteiger partial charge in [-0.2, -0.15) is 10.2 Å². The minimum absolute atomic E-state index is 0.124. The van der Waals surface area contributed by atoms with Crippen LogP contribution in [0.25, 0.3) is 0 Å². The number of anilines is 2. The van der Waals surface area contributed by atoms with E-state index >= 15 is 0 Å². The summed E-state index contributed by atoms with van der Waals surface area (Å²) in [5, 5.41) is 14.1. The van der Waals surface area contributed by atoms with Crippen LogP contribution in [0.15, 0.2) is 55.1 Å². The van der Waals surface area contributed by atoms with Crippen LogP contribution in [0, 0.1) is 5.41 Å². The molecule has 0 atom stereocenters. The second-order valence-electron chi connectivity index (χ2n) is 7.48. The van der Waals surface area contributed by atoms with Gasteiger partial charge in [0.1, 0.15) is 0 Å². The van der Waals surface area contributed by atoms with Crippen molar-refractivity contribution < 1.29 is 4.79 Å². The zero-order chi connectivity index (χ0) is 18.6. The topological polar surface area (TPSA) is 76.8 Å². The van der Waals surface area contributed by atoms with Crippen molar-refractivity contribution in [2.45, 2.75) is 33.9 Å². The monoisotopic (exact) mass is 352 g/mol. The summed E-state index contributed by atoms with van der Waals surface area (Å²) in [5.41, 5.74) is 2.57. The van der Waals surface area contributed by atoms with Gasteiger partial charge in [-0.3, -0.25) is 9.36 Å². The fourth-order valence-electron chi connectivity index (χ4n) is 2.58. The molecule has 3 rings (SSSR count). The number of carbonyl (C=O) groups is 1. The molecule has 26 heavy (non-hydrogen) atoms. The highest BCUT2D eigenvalue weighted by Gasteiger charge is 2.13. The van der Waals surface area contributed by atoms with Crippen molar-refractivity contribution in [3.05, 3.63) is 60.7 Å². The Labute approximate surface area is 153 Å². The highest BCUT2D eigenvalue weighted by atomic mass is 16.2. The summed E-state index contributed by atoms with van der Waals surface area (Å²) < 4.78 is 3.61. The fraction of sp³-hybridized carbons (Fsp3) is 0.316. The summed E-state index contributed by atoms with van der Waals surface area (Å²) in [5.74, 6) is 0. The molecule has 1 aromatic carbocycles. The third-order valence-corrected chi connectivity index (χ3v) is 3.61. The van der Waals surface area contributed by atoms with Crippen LogP contribution in [0.5, 0.6) is 0 Å². The molecule has 0 saturated heterocycles. The molecule has 0 aliphatic carbocycles. The van der Waals surface area contributed by atoms with Gasteiger partial charge in [-0.15, -0.1) is 0 Å². The van der Waals surface area contributed by atoms with Gasteiger partial charge in [0.15, 0.2) is 0 Å². The quantitative estimate of drug-likeness (QED) is 0.733. The molecule has 7 heteroatoms. The lowest BCUT2D eigenvalue weighted by Crippen LogP contribution is -2.19. The number of rotatable bonds is 5. The average Bonchev–Trinajstić information content (AvgIpc) is 3.16. The summed E-state index contributed by atoms with van der Waals surface area (Å²) in [7, 11) is 0. The van der Waals surface area contributed by atoms with Crippen LogP contribution in [-0.4, -0.2) is 25.6 Å². The van der Waals surface area contributed by atoms with Gasteiger partial charge in [-0.25, -0.2) is 4.79 Å². The maximum atomic E-state index is 12.1. The minimum atomic E-state index is -0.320. The third kappa shape index (κ3) is 5.20. The van der Waals surface area contributed by atoms with E-state index in [2.05, 4.69) is 41.6 Å². The minimum Gasteiger partial charge on any atom is -0.305 e. The van der Waals surface area contributed by atoms with Crippen molar-refractivity contribution in [2.24, 2.45) is 5.41 Å². The zero-order valence-electron chi connectivity index (χ0n) is 15.3. The average molecular weight is 352 g/mol. The molecular formula is C19H24N6O. The Morgan fingerprint density at radius 2 is 1.54 bits per heavy atom.